The topological polar surface area (TPSA) is 23.8 Å². The molecule has 0 spiro atoms. The van der Waals surface area contributed by atoms with E-state index < -0.39 is 21.8 Å². The van der Waals surface area contributed by atoms with Crippen LogP contribution in [-0.4, -0.2) is 0 Å². The molecular weight excluding hydrogens is 238 g/mol. The van der Waals surface area contributed by atoms with Gasteiger partial charge in [0.25, 0.3) is 0 Å². The molecule has 1 aromatic rings. The minimum absolute atomic E-state index is 0.462. The van der Waals surface area contributed by atoms with E-state index >= 15 is 0 Å². The molecule has 1 aromatic carbocycles. The molecule has 0 aromatic heterocycles. The lowest BCUT2D eigenvalue weighted by Crippen LogP contribution is -2.14. The molecule has 0 unspecified atom stereocenters. The van der Waals surface area contributed by atoms with Gasteiger partial charge in [-0.2, -0.15) is 13.2 Å². The zero-order chi connectivity index (χ0) is 11.0. The number of benzene rings is 1. The lowest BCUT2D eigenvalue weighted by molar-refractivity contribution is -0.138. The fraction of sp³-hybridized carbons (Fsp3) is 0.250. The highest BCUT2D eigenvalue weighted by molar-refractivity contribution is 6.48. The van der Waals surface area contributed by atoms with Crippen molar-refractivity contribution in [2.24, 2.45) is 0 Å². The van der Waals surface area contributed by atoms with Crippen molar-refractivity contribution in [3.05, 3.63) is 41.1 Å². The minimum atomic E-state index is -4.55. The third-order valence-corrected chi connectivity index (χ3v) is 1.98. The normalized spacial score (nSPS) is 13.0. The first kappa shape index (κ1) is 11.6. The van der Waals surface area contributed by atoms with Crippen molar-refractivity contribution < 1.29 is 13.2 Å². The fourth-order valence-corrected chi connectivity index (χ4v) is 1.33. The molecule has 0 atom stereocenters. The second kappa shape index (κ2) is 3.61. The van der Waals surface area contributed by atoms with Gasteiger partial charge in [-0.05, 0) is 11.6 Å². The zero-order valence-electron chi connectivity index (χ0n) is 6.70. The molecule has 0 radical (unpaired) electrons. The summed E-state index contributed by atoms with van der Waals surface area (Å²) < 4.78 is 34.8. The van der Waals surface area contributed by atoms with E-state index in [9.17, 15) is 13.2 Å². The Hall–Kier alpha value is -0.450. The Morgan fingerprint density at radius 2 is 1.43 bits per heavy atom. The van der Waals surface area contributed by atoms with Gasteiger partial charge in [0, 0.05) is 0 Å². The van der Waals surface area contributed by atoms with Crippen molar-refractivity contribution >= 4 is 23.2 Å². The summed E-state index contributed by atoms with van der Waals surface area (Å²) in [5, 5.41) is 0. The van der Waals surface area contributed by atoms with Crippen molar-refractivity contribution in [2.45, 2.75) is 10.6 Å². The first-order valence-electron chi connectivity index (χ1n) is 3.52. The van der Waals surface area contributed by atoms with Crippen LogP contribution in [0, 0.1) is 0 Å². The van der Waals surface area contributed by atoms with E-state index in [0.29, 0.717) is 0 Å². The zero-order valence-corrected chi connectivity index (χ0v) is 8.21. The van der Waals surface area contributed by atoms with Gasteiger partial charge in [-0.25, -0.2) is 0 Å². The molecule has 0 bridgehead atoms. The summed E-state index contributed by atoms with van der Waals surface area (Å²) >= 11 is 10.6. The quantitative estimate of drug-likeness (QED) is 0.517. The van der Waals surface area contributed by atoms with Gasteiger partial charge in [0.05, 0.1) is 10.0 Å². The summed E-state index contributed by atoms with van der Waals surface area (Å²) in [5.74, 6) is 0. The van der Waals surface area contributed by atoms with Gasteiger partial charge in [-0.15, -0.1) is 23.2 Å². The summed E-state index contributed by atoms with van der Waals surface area (Å²) in [4.78, 5) is 0. The van der Waals surface area contributed by atoms with E-state index in [2.05, 4.69) is 0 Å². The molecule has 0 saturated carbocycles. The van der Waals surface area contributed by atoms with Crippen LogP contribution in [0.1, 0.15) is 11.1 Å². The van der Waals surface area contributed by atoms with Crippen LogP contribution in [0.15, 0.2) is 24.3 Å². The van der Waals surface area contributed by atoms with E-state index in [1.165, 1.54) is 12.1 Å². The number of halogens is 5. The molecule has 0 saturated heterocycles. The van der Waals surface area contributed by atoms with Crippen molar-refractivity contribution in [3.8, 4) is 0 Å². The van der Waals surface area contributed by atoms with E-state index in [4.69, 9.17) is 28.9 Å². The molecule has 0 fully saturated rings. The lowest BCUT2D eigenvalue weighted by atomic mass is 10.1. The van der Waals surface area contributed by atoms with Crippen molar-refractivity contribution in [3.63, 3.8) is 0 Å². The molecule has 0 aliphatic heterocycles. The van der Waals surface area contributed by atoms with Crippen LogP contribution in [-0.2, 0) is 10.6 Å². The van der Waals surface area contributed by atoms with Gasteiger partial charge in [0.15, 0.2) is 0 Å². The third kappa shape index (κ3) is 2.53. The second-order valence-electron chi connectivity index (χ2n) is 2.62. The van der Waals surface area contributed by atoms with Crippen molar-refractivity contribution in [1.82, 2.24) is 0 Å². The van der Waals surface area contributed by atoms with Crippen LogP contribution in [0.25, 0.3) is 5.73 Å². The predicted octanol–water partition coefficient (Wildman–Crippen LogP) is 4.35. The molecule has 1 rings (SSSR count). The van der Waals surface area contributed by atoms with Crippen LogP contribution in [0.2, 0.25) is 0 Å². The minimum Gasteiger partial charge on any atom is -0.642 e. The number of alkyl halides is 5. The maximum absolute atomic E-state index is 12.4. The summed E-state index contributed by atoms with van der Waals surface area (Å²) in [6, 6.07) is 4.48. The molecule has 1 nitrogen and oxygen atoms in total. The van der Waals surface area contributed by atoms with Crippen LogP contribution in [0.5, 0.6) is 0 Å². The van der Waals surface area contributed by atoms with E-state index in [1.807, 2.05) is 0 Å². The largest absolute Gasteiger partial charge is 0.642 e. The Morgan fingerprint density at radius 1 is 1.00 bits per heavy atom. The second-order valence-corrected chi connectivity index (χ2v) is 3.95. The molecule has 0 aliphatic carbocycles. The lowest BCUT2D eigenvalue weighted by Gasteiger charge is -2.27. The maximum Gasteiger partial charge on any atom is 0.416 e. The van der Waals surface area contributed by atoms with Crippen LogP contribution < -0.4 is 0 Å². The van der Waals surface area contributed by atoms with E-state index in [1.54, 1.807) is 0 Å². The van der Waals surface area contributed by atoms with Gasteiger partial charge in [0.2, 0.25) is 0 Å². The third-order valence-electron chi connectivity index (χ3n) is 1.57. The fourth-order valence-electron chi connectivity index (χ4n) is 1.00. The molecule has 6 heteroatoms. The molecule has 14 heavy (non-hydrogen) atoms. The molecule has 0 amide bonds. The highest BCUT2D eigenvalue weighted by Crippen LogP contribution is 2.42. The Bertz CT molecular complexity index is 297. The summed E-state index contributed by atoms with van der Waals surface area (Å²) in [5.41, 5.74) is 5.68. The van der Waals surface area contributed by atoms with E-state index in [0.717, 1.165) is 12.1 Å². The van der Waals surface area contributed by atoms with Gasteiger partial charge in [-0.1, -0.05) is 18.2 Å². The highest BCUT2D eigenvalue weighted by atomic mass is 35.5. The first-order chi connectivity index (χ1) is 6.23. The van der Waals surface area contributed by atoms with Gasteiger partial charge in [-0.3, -0.25) is 0 Å². The van der Waals surface area contributed by atoms with Gasteiger partial charge < -0.3 is 5.73 Å². The van der Waals surface area contributed by atoms with E-state index in [-0.39, 0.29) is 0 Å². The predicted molar refractivity (Wildman–Crippen MR) is 49.1 cm³/mol. The SMILES string of the molecule is [NH-]C(Cl)(Cl)c1ccccc1C(F)(F)F. The molecule has 0 heterocycles. The number of nitrogens with one attached hydrogen (secondary N) is 1. The summed E-state index contributed by atoms with van der Waals surface area (Å²) in [6.07, 6.45) is -4.55. The molecular formula is C8H5Cl2F3N-. The van der Waals surface area contributed by atoms with Gasteiger partial charge >= 0.3 is 6.18 Å². The molecule has 1 N–H and O–H groups in total. The Labute approximate surface area is 88.6 Å². The molecule has 78 valence electrons. The van der Waals surface area contributed by atoms with Crippen LogP contribution in [0.4, 0.5) is 13.2 Å². The van der Waals surface area contributed by atoms with Crippen LogP contribution in [0.3, 0.4) is 0 Å². The summed E-state index contributed by atoms with van der Waals surface area (Å²) in [7, 11) is 0. The monoisotopic (exact) mass is 242 g/mol. The Kier molecular flexibility index (Phi) is 2.99. The standard InChI is InChI=1S/C8H5Cl2F3N/c9-7(10,14)5-3-1-2-4-6(5)8(11,12)13/h1-4,14H/q-1. The smallest absolute Gasteiger partial charge is 0.416 e. The number of hydrogen-bond acceptors (Lipinski definition) is 0. The average molecular weight is 243 g/mol. The Morgan fingerprint density at radius 3 is 1.71 bits per heavy atom. The maximum atomic E-state index is 12.4. The van der Waals surface area contributed by atoms with Gasteiger partial charge in [0.1, 0.15) is 0 Å². The van der Waals surface area contributed by atoms with Crippen molar-refractivity contribution in [1.29, 1.82) is 0 Å². The average Bonchev–Trinajstić information content (AvgIpc) is 2.01. The number of hydrogen-bond donors (Lipinski definition) is 0. The molecule has 0 aliphatic rings. The highest BCUT2D eigenvalue weighted by Gasteiger charge is 2.35. The summed E-state index contributed by atoms with van der Waals surface area (Å²) in [6.45, 7) is 0. The van der Waals surface area contributed by atoms with Crippen molar-refractivity contribution in [2.75, 3.05) is 0 Å². The first-order valence-corrected chi connectivity index (χ1v) is 4.28. The van der Waals surface area contributed by atoms with Crippen LogP contribution >= 0.6 is 23.2 Å². The Balaban J connectivity index is 3.31. The number of rotatable bonds is 1.